The Labute approximate surface area is 103 Å². The number of pyridine rings is 1. The fraction of sp³-hybridized carbons (Fsp3) is 0.400. The van der Waals surface area contributed by atoms with Crippen LogP contribution in [0.5, 0.6) is 0 Å². The molecule has 0 saturated heterocycles. The molecule has 0 aromatic carbocycles. The molecule has 1 aliphatic rings. The first-order chi connectivity index (χ1) is 7.66. The van der Waals surface area contributed by atoms with E-state index in [2.05, 4.69) is 26.5 Å². The van der Waals surface area contributed by atoms with Crippen LogP contribution in [0.2, 0.25) is 10.0 Å². The molecule has 2 aromatic heterocycles. The van der Waals surface area contributed by atoms with E-state index in [1.165, 1.54) is 0 Å². The summed E-state index contributed by atoms with van der Waals surface area (Å²) in [5, 5.41) is 0.953. The molecule has 4 nitrogen and oxygen atoms in total. The molecule has 0 radical (unpaired) electrons. The molecule has 6 heteroatoms. The molecule has 84 valence electrons. The maximum atomic E-state index is 6.12. The predicted octanol–water partition coefficient (Wildman–Crippen LogP) is 2.18. The maximum absolute atomic E-state index is 6.12. The quantitative estimate of drug-likeness (QED) is 0.725. The van der Waals surface area contributed by atoms with Gasteiger partial charge in [-0.1, -0.05) is 23.2 Å². The summed E-state index contributed by atoms with van der Waals surface area (Å²) >= 11 is 12.0. The average molecular weight is 257 g/mol. The van der Waals surface area contributed by atoms with Crippen LogP contribution in [-0.4, -0.2) is 33.0 Å². The van der Waals surface area contributed by atoms with Crippen LogP contribution in [0.1, 0.15) is 5.82 Å². The first-order valence-electron chi connectivity index (χ1n) is 5.04. The second-order valence-corrected chi connectivity index (χ2v) is 4.79. The smallest absolute Gasteiger partial charge is 0.161 e. The molecule has 16 heavy (non-hydrogen) atoms. The normalized spacial score (nSPS) is 16.7. The van der Waals surface area contributed by atoms with Crippen molar-refractivity contribution in [1.82, 2.24) is 19.4 Å². The van der Waals surface area contributed by atoms with Crippen LogP contribution in [0, 0.1) is 0 Å². The first-order valence-corrected chi connectivity index (χ1v) is 5.80. The molecule has 3 rings (SSSR count). The number of likely N-dealkylation sites (N-methyl/N-ethyl adjacent to an activating group) is 1. The Kier molecular flexibility index (Phi) is 2.31. The third kappa shape index (κ3) is 1.41. The van der Waals surface area contributed by atoms with Crippen molar-refractivity contribution >= 4 is 34.4 Å². The second kappa shape index (κ2) is 3.58. The highest BCUT2D eigenvalue weighted by Crippen LogP contribution is 2.30. The van der Waals surface area contributed by atoms with Crippen molar-refractivity contribution in [2.24, 2.45) is 0 Å². The second-order valence-electron chi connectivity index (χ2n) is 4.01. The monoisotopic (exact) mass is 256 g/mol. The molecule has 0 unspecified atom stereocenters. The molecule has 3 heterocycles. The zero-order valence-electron chi connectivity index (χ0n) is 8.74. The lowest BCUT2D eigenvalue weighted by Crippen LogP contribution is -2.30. The van der Waals surface area contributed by atoms with Gasteiger partial charge in [0.2, 0.25) is 0 Å². The van der Waals surface area contributed by atoms with Gasteiger partial charge >= 0.3 is 0 Å². The molecule has 0 fully saturated rings. The zero-order chi connectivity index (χ0) is 11.3. The van der Waals surface area contributed by atoms with E-state index in [0.717, 1.165) is 31.1 Å². The number of hydrogen-bond donors (Lipinski definition) is 0. The Morgan fingerprint density at radius 1 is 1.31 bits per heavy atom. The molecular weight excluding hydrogens is 247 g/mol. The number of halogens is 2. The van der Waals surface area contributed by atoms with Gasteiger partial charge in [-0.2, -0.15) is 0 Å². The molecule has 0 atom stereocenters. The van der Waals surface area contributed by atoms with E-state index in [1.54, 1.807) is 6.20 Å². The summed E-state index contributed by atoms with van der Waals surface area (Å²) in [6, 6.07) is 0. The van der Waals surface area contributed by atoms with Crippen LogP contribution < -0.4 is 0 Å². The predicted molar refractivity (Wildman–Crippen MR) is 63.9 cm³/mol. The van der Waals surface area contributed by atoms with Gasteiger partial charge in [0.15, 0.2) is 5.65 Å². The Morgan fingerprint density at radius 3 is 2.94 bits per heavy atom. The molecule has 0 saturated carbocycles. The van der Waals surface area contributed by atoms with Crippen LogP contribution >= 0.6 is 23.2 Å². The molecule has 1 aliphatic heterocycles. The SMILES string of the molecule is CN1CCn2c(nc3c(Cl)c(Cl)cnc32)C1. The van der Waals surface area contributed by atoms with Crippen molar-refractivity contribution in [3.8, 4) is 0 Å². The van der Waals surface area contributed by atoms with E-state index in [0.29, 0.717) is 15.6 Å². The summed E-state index contributed by atoms with van der Waals surface area (Å²) in [6.45, 7) is 2.72. The van der Waals surface area contributed by atoms with Crippen LogP contribution in [0.25, 0.3) is 11.2 Å². The molecule has 0 bridgehead atoms. The fourth-order valence-electron chi connectivity index (χ4n) is 2.00. The first kappa shape index (κ1) is 10.3. The molecule has 2 aromatic rings. The van der Waals surface area contributed by atoms with Crippen LogP contribution in [0.4, 0.5) is 0 Å². The molecule has 0 aliphatic carbocycles. The minimum absolute atomic E-state index is 0.456. The minimum Gasteiger partial charge on any atom is -0.310 e. The van der Waals surface area contributed by atoms with Gasteiger partial charge < -0.3 is 4.57 Å². The van der Waals surface area contributed by atoms with Crippen LogP contribution in [0.3, 0.4) is 0 Å². The Balaban J connectivity index is 2.28. The fourth-order valence-corrected chi connectivity index (χ4v) is 2.32. The Morgan fingerprint density at radius 2 is 2.12 bits per heavy atom. The largest absolute Gasteiger partial charge is 0.310 e. The summed E-state index contributed by atoms with van der Waals surface area (Å²) in [4.78, 5) is 11.0. The van der Waals surface area contributed by atoms with Gasteiger partial charge in [-0.3, -0.25) is 4.90 Å². The Bertz CT molecular complexity index is 563. The zero-order valence-corrected chi connectivity index (χ0v) is 10.3. The molecular formula is C10H10Cl2N4. The van der Waals surface area contributed by atoms with E-state index in [-0.39, 0.29) is 0 Å². The standard InChI is InChI=1S/C10H10Cl2N4/c1-15-2-3-16-7(5-15)14-9-8(12)6(11)4-13-10(9)16/h4H,2-3,5H2,1H3. The highest BCUT2D eigenvalue weighted by Gasteiger charge is 2.20. The number of imidazole rings is 1. The topological polar surface area (TPSA) is 34.0 Å². The third-order valence-corrected chi connectivity index (χ3v) is 3.62. The van der Waals surface area contributed by atoms with Crippen molar-refractivity contribution in [3.05, 3.63) is 22.1 Å². The highest BCUT2D eigenvalue weighted by molar-refractivity contribution is 6.44. The van der Waals surface area contributed by atoms with E-state index in [9.17, 15) is 0 Å². The van der Waals surface area contributed by atoms with Gasteiger partial charge in [-0.25, -0.2) is 9.97 Å². The van der Waals surface area contributed by atoms with Gasteiger partial charge in [0.05, 0.1) is 16.6 Å². The van der Waals surface area contributed by atoms with Gasteiger partial charge in [-0.15, -0.1) is 0 Å². The number of hydrogen-bond acceptors (Lipinski definition) is 3. The van der Waals surface area contributed by atoms with Gasteiger partial charge in [0, 0.05) is 19.3 Å². The van der Waals surface area contributed by atoms with Crippen LogP contribution in [0.15, 0.2) is 6.20 Å². The maximum Gasteiger partial charge on any atom is 0.161 e. The number of aromatic nitrogens is 3. The van der Waals surface area contributed by atoms with Crippen LogP contribution in [-0.2, 0) is 13.1 Å². The summed E-state index contributed by atoms with van der Waals surface area (Å²) in [7, 11) is 2.07. The lowest BCUT2D eigenvalue weighted by atomic mass is 10.4. The van der Waals surface area contributed by atoms with Crippen molar-refractivity contribution in [1.29, 1.82) is 0 Å². The van der Waals surface area contributed by atoms with Crippen molar-refractivity contribution in [3.63, 3.8) is 0 Å². The van der Waals surface area contributed by atoms with Gasteiger partial charge in [-0.05, 0) is 7.05 Å². The van der Waals surface area contributed by atoms with E-state index in [4.69, 9.17) is 23.2 Å². The average Bonchev–Trinajstić information content (AvgIpc) is 2.62. The van der Waals surface area contributed by atoms with Gasteiger partial charge in [0.1, 0.15) is 11.3 Å². The number of fused-ring (bicyclic) bond motifs is 3. The molecule has 0 amide bonds. The summed E-state index contributed by atoms with van der Waals surface area (Å²) in [5.74, 6) is 1.00. The van der Waals surface area contributed by atoms with Crippen molar-refractivity contribution in [2.75, 3.05) is 13.6 Å². The third-order valence-electron chi connectivity index (χ3n) is 2.85. The number of rotatable bonds is 0. The van der Waals surface area contributed by atoms with E-state index >= 15 is 0 Å². The minimum atomic E-state index is 0.456. The number of nitrogens with zero attached hydrogens (tertiary/aromatic N) is 4. The van der Waals surface area contributed by atoms with E-state index in [1.807, 2.05) is 0 Å². The molecule has 0 spiro atoms. The van der Waals surface area contributed by atoms with E-state index < -0.39 is 0 Å². The lowest BCUT2D eigenvalue weighted by molar-refractivity contribution is 0.267. The molecule has 0 N–H and O–H groups in total. The van der Waals surface area contributed by atoms with Gasteiger partial charge in [0.25, 0.3) is 0 Å². The summed E-state index contributed by atoms with van der Waals surface area (Å²) < 4.78 is 2.11. The summed E-state index contributed by atoms with van der Waals surface area (Å²) in [5.41, 5.74) is 1.54. The summed E-state index contributed by atoms with van der Waals surface area (Å²) in [6.07, 6.45) is 1.58. The van der Waals surface area contributed by atoms with Crippen molar-refractivity contribution < 1.29 is 0 Å². The lowest BCUT2D eigenvalue weighted by Gasteiger charge is -2.23. The Hall–Kier alpha value is -0.840. The highest BCUT2D eigenvalue weighted by atomic mass is 35.5. The van der Waals surface area contributed by atoms with Crippen molar-refractivity contribution in [2.45, 2.75) is 13.1 Å².